The molecule has 2 radical (unpaired) electrons. The maximum absolute atomic E-state index is 5.24. The Hall–Kier alpha value is -1.54. The quantitative estimate of drug-likeness (QED) is 0.650. The predicted octanol–water partition coefficient (Wildman–Crippen LogP) is 3.91. The molecule has 0 saturated heterocycles. The van der Waals surface area contributed by atoms with Crippen LogP contribution in [0.25, 0.3) is 0 Å². The molecule has 0 unspecified atom stereocenters. The van der Waals surface area contributed by atoms with Crippen molar-refractivity contribution in [1.82, 2.24) is 0 Å². The van der Waals surface area contributed by atoms with Crippen LogP contribution in [0.15, 0.2) is 73.2 Å². The molecule has 2 aromatic carbocycles. The summed E-state index contributed by atoms with van der Waals surface area (Å²) < 4.78 is 10.5. The first-order valence-corrected chi connectivity index (χ1v) is 6.72. The Bertz CT molecular complexity index is 548. The second-order valence-electron chi connectivity index (χ2n) is 4.60. The molecule has 2 aromatic rings. The number of ether oxygens (including phenoxy) is 2. The van der Waals surface area contributed by atoms with Crippen molar-refractivity contribution < 1.29 is 60.6 Å². The first kappa shape index (κ1) is 28.3. The van der Waals surface area contributed by atoms with Crippen LogP contribution in [0.3, 0.4) is 0 Å². The fourth-order valence-electron chi connectivity index (χ4n) is 2.17. The van der Waals surface area contributed by atoms with Crippen LogP contribution in [0.2, 0.25) is 0 Å². The van der Waals surface area contributed by atoms with Crippen molar-refractivity contribution in [2.75, 3.05) is 0 Å². The number of rotatable bonds is 0. The Morgan fingerprint density at radius 3 is 1.28 bits per heavy atom. The Kier molecular flexibility index (Phi) is 16.7. The van der Waals surface area contributed by atoms with Crippen LogP contribution < -0.4 is 9.47 Å². The number of benzene rings is 2. The molecule has 0 spiro atoms. The van der Waals surface area contributed by atoms with E-state index in [-0.39, 0.29) is 51.2 Å². The van der Waals surface area contributed by atoms with E-state index in [1.807, 2.05) is 48.6 Å². The molecule has 0 atom stereocenters. The van der Waals surface area contributed by atoms with Crippen LogP contribution in [0, 0.1) is 0 Å². The van der Waals surface area contributed by atoms with Gasteiger partial charge in [-0.2, -0.15) is 0 Å². The van der Waals surface area contributed by atoms with Gasteiger partial charge in [0.15, 0.2) is 0 Å². The summed E-state index contributed by atoms with van der Waals surface area (Å²) in [6.45, 7) is 0. The summed E-state index contributed by atoms with van der Waals surface area (Å²) in [6, 6.07) is 16.2. The van der Waals surface area contributed by atoms with E-state index in [4.69, 9.17) is 9.47 Å². The van der Waals surface area contributed by atoms with Gasteiger partial charge in [0, 0.05) is 0 Å². The number of hydrogen-bond acceptors (Lipinski definition) is 2. The van der Waals surface area contributed by atoms with Gasteiger partial charge >= 0.3 is 34.7 Å². The SMILES string of the molecule is C1=COc2ccccc2C1.C1=COc2ccccc2C1.[Cr+3].[Cr+3].[O-2].[O-2].[O-2]. The molecule has 0 aliphatic carbocycles. The summed E-state index contributed by atoms with van der Waals surface area (Å²) in [5.41, 5.74) is 2.54. The normalized spacial score (nSPS) is 11.2. The fourth-order valence-corrected chi connectivity index (χ4v) is 2.17. The first-order chi connectivity index (χ1) is 9.93. The zero-order valence-electron chi connectivity index (χ0n) is 13.2. The van der Waals surface area contributed by atoms with E-state index >= 15 is 0 Å². The molecule has 2 heterocycles. The largest absolute Gasteiger partial charge is 3.00 e. The number of fused-ring (bicyclic) bond motifs is 2. The van der Waals surface area contributed by atoms with E-state index in [0.29, 0.717) is 0 Å². The van der Waals surface area contributed by atoms with Gasteiger partial charge in [0.25, 0.3) is 0 Å². The molecule has 0 saturated carbocycles. The standard InChI is InChI=1S/2C9H8O.2Cr.3O/c2*1-2-6-9-8(4-1)5-3-7-10-9;;;;;/h2*1-4,6-7H,5H2;;;;;/q;;2*+3;3*-2. The summed E-state index contributed by atoms with van der Waals surface area (Å²) in [4.78, 5) is 0. The summed E-state index contributed by atoms with van der Waals surface area (Å²) in [6.07, 6.45) is 9.50. The minimum atomic E-state index is 0. The van der Waals surface area contributed by atoms with E-state index in [9.17, 15) is 0 Å². The number of allylic oxidation sites excluding steroid dienone is 2. The van der Waals surface area contributed by atoms with Crippen LogP contribution in [0.5, 0.6) is 11.5 Å². The van der Waals surface area contributed by atoms with E-state index in [1.54, 1.807) is 12.5 Å². The maximum atomic E-state index is 5.24. The van der Waals surface area contributed by atoms with Crippen molar-refractivity contribution >= 4 is 0 Å². The Morgan fingerprint density at radius 2 is 0.920 bits per heavy atom. The number of hydrogen-bond donors (Lipinski definition) is 0. The maximum Gasteiger partial charge on any atom is 3.00 e. The molecule has 0 aromatic heterocycles. The molecule has 0 fully saturated rings. The zero-order valence-corrected chi connectivity index (χ0v) is 15.8. The van der Waals surface area contributed by atoms with Gasteiger partial charge in [0.1, 0.15) is 11.5 Å². The minimum Gasteiger partial charge on any atom is -2.00 e. The average molecular weight is 416 g/mol. The van der Waals surface area contributed by atoms with Gasteiger partial charge in [-0.1, -0.05) is 36.4 Å². The molecular weight excluding hydrogens is 400 g/mol. The van der Waals surface area contributed by atoms with Gasteiger partial charge in [0.2, 0.25) is 0 Å². The molecule has 5 nitrogen and oxygen atoms in total. The third kappa shape index (κ3) is 7.92. The molecule has 25 heavy (non-hydrogen) atoms. The molecule has 4 rings (SSSR count). The third-order valence-electron chi connectivity index (χ3n) is 3.20. The topological polar surface area (TPSA) is 104 Å². The van der Waals surface area contributed by atoms with Gasteiger partial charge in [0.05, 0.1) is 12.5 Å². The molecule has 0 N–H and O–H groups in total. The molecule has 0 amide bonds. The van der Waals surface area contributed by atoms with Gasteiger partial charge in [-0.3, -0.25) is 0 Å². The van der Waals surface area contributed by atoms with E-state index in [0.717, 1.165) is 24.3 Å². The number of para-hydroxylation sites is 2. The summed E-state index contributed by atoms with van der Waals surface area (Å²) in [7, 11) is 0. The molecule has 2 aliphatic rings. The molecule has 7 heteroatoms. The van der Waals surface area contributed by atoms with E-state index < -0.39 is 0 Å². The second kappa shape index (κ2) is 14.8. The van der Waals surface area contributed by atoms with Gasteiger partial charge in [-0.25, -0.2) is 0 Å². The Labute approximate surface area is 169 Å². The Balaban J connectivity index is -0.000000323. The first-order valence-electron chi connectivity index (χ1n) is 6.72. The van der Waals surface area contributed by atoms with Crippen molar-refractivity contribution in [3.63, 3.8) is 0 Å². The van der Waals surface area contributed by atoms with Crippen molar-refractivity contribution in [2.24, 2.45) is 0 Å². The van der Waals surface area contributed by atoms with Gasteiger partial charge in [-0.15, -0.1) is 0 Å². The minimum absolute atomic E-state index is 0. The third-order valence-corrected chi connectivity index (χ3v) is 3.20. The second-order valence-corrected chi connectivity index (χ2v) is 4.60. The predicted molar refractivity (Wildman–Crippen MR) is 81.9 cm³/mol. The van der Waals surface area contributed by atoms with Crippen molar-refractivity contribution in [3.8, 4) is 11.5 Å². The van der Waals surface area contributed by atoms with Gasteiger partial charge in [-0.05, 0) is 48.3 Å². The summed E-state index contributed by atoms with van der Waals surface area (Å²) >= 11 is 0. The molecular formula is C18H16Cr2O5. The fraction of sp³-hybridized carbons (Fsp3) is 0.111. The van der Waals surface area contributed by atoms with Gasteiger partial charge < -0.3 is 25.9 Å². The van der Waals surface area contributed by atoms with Crippen LogP contribution in [-0.4, -0.2) is 0 Å². The van der Waals surface area contributed by atoms with Crippen LogP contribution in [0.4, 0.5) is 0 Å². The molecule has 130 valence electrons. The monoisotopic (exact) mass is 416 g/mol. The van der Waals surface area contributed by atoms with Crippen LogP contribution in [0.1, 0.15) is 11.1 Å². The van der Waals surface area contributed by atoms with E-state index in [1.165, 1.54) is 11.1 Å². The average Bonchev–Trinajstić information content (AvgIpc) is 2.56. The molecule has 2 aliphatic heterocycles. The summed E-state index contributed by atoms with van der Waals surface area (Å²) in [5.74, 6) is 1.98. The molecule has 0 bridgehead atoms. The zero-order chi connectivity index (χ0) is 13.6. The van der Waals surface area contributed by atoms with Crippen LogP contribution >= 0.6 is 0 Å². The van der Waals surface area contributed by atoms with Crippen molar-refractivity contribution in [2.45, 2.75) is 12.8 Å². The van der Waals surface area contributed by atoms with Crippen molar-refractivity contribution in [3.05, 3.63) is 84.3 Å². The van der Waals surface area contributed by atoms with Crippen LogP contribution in [-0.2, 0) is 64.0 Å². The van der Waals surface area contributed by atoms with Crippen molar-refractivity contribution in [1.29, 1.82) is 0 Å². The Morgan fingerprint density at radius 1 is 0.560 bits per heavy atom. The smallest absolute Gasteiger partial charge is 2.00 e. The van der Waals surface area contributed by atoms with E-state index in [2.05, 4.69) is 12.1 Å². The summed E-state index contributed by atoms with van der Waals surface area (Å²) in [5, 5.41) is 0.